The summed E-state index contributed by atoms with van der Waals surface area (Å²) >= 11 is 1.61. The highest BCUT2D eigenvalue weighted by molar-refractivity contribution is 7.16. The van der Waals surface area contributed by atoms with Crippen molar-refractivity contribution in [3.8, 4) is 0 Å². The van der Waals surface area contributed by atoms with Gasteiger partial charge >= 0.3 is 0 Å². The van der Waals surface area contributed by atoms with Crippen molar-refractivity contribution in [2.75, 3.05) is 18.1 Å². The Hall–Kier alpha value is -2.40. The first-order valence-electron chi connectivity index (χ1n) is 12.1. The molecule has 2 heterocycles. The van der Waals surface area contributed by atoms with Crippen molar-refractivity contribution in [3.63, 3.8) is 0 Å². The molecular weight excluding hydrogens is 424 g/mol. The van der Waals surface area contributed by atoms with E-state index < -0.39 is 0 Å². The van der Waals surface area contributed by atoms with Gasteiger partial charge < -0.3 is 11.1 Å². The molecule has 2 aromatic heterocycles. The van der Waals surface area contributed by atoms with Crippen molar-refractivity contribution in [3.05, 3.63) is 68.9 Å². The zero-order valence-electron chi connectivity index (χ0n) is 20.8. The molecule has 0 bridgehead atoms. The Morgan fingerprint density at radius 2 is 1.64 bits per heavy atom. The van der Waals surface area contributed by atoms with Crippen LogP contribution in [-0.2, 0) is 22.7 Å². The van der Waals surface area contributed by atoms with E-state index in [0.717, 1.165) is 16.4 Å². The maximum atomic E-state index is 6.10. The van der Waals surface area contributed by atoms with Crippen molar-refractivity contribution in [1.82, 2.24) is 9.97 Å². The molecule has 3 N–H and O–H groups in total. The lowest BCUT2D eigenvalue weighted by Crippen LogP contribution is -2.34. The van der Waals surface area contributed by atoms with E-state index in [9.17, 15) is 0 Å². The Labute approximate surface area is 202 Å². The topological polar surface area (TPSA) is 63.8 Å². The van der Waals surface area contributed by atoms with Crippen molar-refractivity contribution in [2.45, 2.75) is 83.0 Å². The van der Waals surface area contributed by atoms with Gasteiger partial charge in [0.1, 0.15) is 5.82 Å². The Morgan fingerprint density at radius 3 is 2.18 bits per heavy atom. The summed E-state index contributed by atoms with van der Waals surface area (Å²) in [6.45, 7) is 11.9. The Morgan fingerprint density at radius 1 is 0.970 bits per heavy atom. The fourth-order valence-corrected chi connectivity index (χ4v) is 6.49. The molecule has 0 saturated heterocycles. The summed E-state index contributed by atoms with van der Waals surface area (Å²) < 4.78 is 0. The Kier molecular flexibility index (Phi) is 5.13. The number of nitrogen functional groups attached to an aromatic ring is 1. The van der Waals surface area contributed by atoms with Gasteiger partial charge in [-0.15, -0.1) is 0 Å². The number of benzene rings is 1. The lowest BCUT2D eigenvalue weighted by atomic mass is 9.62. The molecule has 0 atom stereocenters. The average molecular weight is 461 g/mol. The van der Waals surface area contributed by atoms with Gasteiger partial charge in [-0.1, -0.05) is 57.2 Å². The molecule has 174 valence electrons. The van der Waals surface area contributed by atoms with Gasteiger partial charge in [-0.3, -0.25) is 4.98 Å². The molecule has 1 aromatic carbocycles. The SMILES string of the molecule is CNc1nc(N)c(Cc2ccc(C3(c4cc5c(cc4C)C(C)(C)CCC5(C)C)CC3)nc2)s1. The van der Waals surface area contributed by atoms with Gasteiger partial charge in [0.25, 0.3) is 0 Å². The largest absolute Gasteiger partial charge is 0.383 e. The number of nitrogens with one attached hydrogen (secondary N) is 1. The molecule has 33 heavy (non-hydrogen) atoms. The number of nitrogens with zero attached hydrogens (tertiary/aromatic N) is 2. The van der Waals surface area contributed by atoms with Crippen LogP contribution in [0.2, 0.25) is 0 Å². The van der Waals surface area contributed by atoms with Crippen LogP contribution < -0.4 is 11.1 Å². The molecule has 2 aliphatic carbocycles. The van der Waals surface area contributed by atoms with Crippen LogP contribution >= 0.6 is 11.3 Å². The standard InChI is InChI=1S/C28H36N4S/c1-17-13-20-21(27(4,5)10-9-26(20,2)3)15-19(17)28(11-12-28)23-8-7-18(16-31-23)14-22-24(29)32-25(30-6)33-22/h7-8,13,15-16H,9-12,14,29H2,1-6H3,(H,30,32). The van der Waals surface area contributed by atoms with E-state index in [2.05, 4.69) is 69.2 Å². The van der Waals surface area contributed by atoms with Crippen LogP contribution in [0.3, 0.4) is 0 Å². The molecular formula is C28H36N4S. The van der Waals surface area contributed by atoms with E-state index in [-0.39, 0.29) is 16.2 Å². The molecule has 0 unspecified atom stereocenters. The maximum absolute atomic E-state index is 6.10. The van der Waals surface area contributed by atoms with Crippen molar-refractivity contribution < 1.29 is 0 Å². The number of hydrogen-bond acceptors (Lipinski definition) is 5. The molecule has 5 heteroatoms. The predicted octanol–water partition coefficient (Wildman–Crippen LogP) is 6.49. The zero-order chi connectivity index (χ0) is 23.6. The Bertz CT molecular complexity index is 1200. The average Bonchev–Trinajstić information content (AvgIpc) is 3.50. The lowest BCUT2D eigenvalue weighted by molar-refractivity contribution is 0.331. The van der Waals surface area contributed by atoms with E-state index >= 15 is 0 Å². The number of hydrogen-bond donors (Lipinski definition) is 2. The van der Waals surface area contributed by atoms with Crippen LogP contribution in [0.4, 0.5) is 10.9 Å². The smallest absolute Gasteiger partial charge is 0.184 e. The first-order valence-corrected chi connectivity index (χ1v) is 12.9. The lowest BCUT2D eigenvalue weighted by Gasteiger charge is -2.43. The monoisotopic (exact) mass is 460 g/mol. The number of aromatic nitrogens is 2. The van der Waals surface area contributed by atoms with E-state index in [1.807, 2.05) is 13.2 Å². The van der Waals surface area contributed by atoms with Crippen LogP contribution in [0.15, 0.2) is 30.5 Å². The fourth-order valence-electron chi connectivity index (χ4n) is 5.62. The second-order valence-electron chi connectivity index (χ2n) is 11.4. The summed E-state index contributed by atoms with van der Waals surface area (Å²) in [5, 5.41) is 3.94. The summed E-state index contributed by atoms with van der Waals surface area (Å²) in [7, 11) is 1.87. The second-order valence-corrected chi connectivity index (χ2v) is 12.5. The number of nitrogens with two attached hydrogens (primary N) is 1. The van der Waals surface area contributed by atoms with Crippen LogP contribution in [0.5, 0.6) is 0 Å². The summed E-state index contributed by atoms with van der Waals surface area (Å²) in [4.78, 5) is 10.4. The highest BCUT2D eigenvalue weighted by atomic mass is 32.1. The molecule has 0 aliphatic heterocycles. The number of rotatable bonds is 5. The summed E-state index contributed by atoms with van der Waals surface area (Å²) in [6.07, 6.45) is 7.65. The van der Waals surface area contributed by atoms with Gasteiger partial charge in [-0.25, -0.2) is 4.98 Å². The fraction of sp³-hybridized carbons (Fsp3) is 0.500. The third-order valence-corrected chi connectivity index (χ3v) is 9.17. The number of thiazole rings is 1. The normalized spacial score (nSPS) is 19.7. The highest BCUT2D eigenvalue weighted by Crippen LogP contribution is 2.56. The van der Waals surface area contributed by atoms with Crippen molar-refractivity contribution in [1.29, 1.82) is 0 Å². The minimum absolute atomic E-state index is 0.0676. The van der Waals surface area contributed by atoms with Gasteiger partial charge in [-0.2, -0.15) is 0 Å². The van der Waals surface area contributed by atoms with Gasteiger partial charge in [-0.05, 0) is 77.3 Å². The molecule has 1 fully saturated rings. The highest BCUT2D eigenvalue weighted by Gasteiger charge is 2.49. The van der Waals surface area contributed by atoms with E-state index in [1.165, 1.54) is 48.1 Å². The third-order valence-electron chi connectivity index (χ3n) is 8.08. The second kappa shape index (κ2) is 7.56. The molecule has 5 rings (SSSR count). The molecule has 1 saturated carbocycles. The van der Waals surface area contributed by atoms with Gasteiger partial charge in [0, 0.05) is 25.1 Å². The van der Waals surface area contributed by atoms with Crippen LogP contribution in [0.25, 0.3) is 0 Å². The molecule has 0 radical (unpaired) electrons. The van der Waals surface area contributed by atoms with Crippen LogP contribution in [0, 0.1) is 6.92 Å². The third kappa shape index (κ3) is 3.74. The molecule has 0 spiro atoms. The zero-order valence-corrected chi connectivity index (χ0v) is 21.6. The maximum Gasteiger partial charge on any atom is 0.184 e. The van der Waals surface area contributed by atoms with E-state index in [1.54, 1.807) is 22.5 Å². The molecule has 4 nitrogen and oxygen atoms in total. The van der Waals surface area contributed by atoms with E-state index in [4.69, 9.17) is 10.7 Å². The van der Waals surface area contributed by atoms with Crippen LogP contribution in [-0.4, -0.2) is 17.0 Å². The number of pyridine rings is 1. The predicted molar refractivity (Wildman–Crippen MR) is 140 cm³/mol. The van der Waals surface area contributed by atoms with Crippen LogP contribution in [0.1, 0.15) is 91.8 Å². The first-order chi connectivity index (χ1) is 15.6. The van der Waals surface area contributed by atoms with E-state index in [0.29, 0.717) is 5.82 Å². The number of fused-ring (bicyclic) bond motifs is 1. The van der Waals surface area contributed by atoms with Gasteiger partial charge in [0.2, 0.25) is 0 Å². The van der Waals surface area contributed by atoms with Gasteiger partial charge in [0.15, 0.2) is 5.13 Å². The number of anilines is 2. The summed E-state index contributed by atoms with van der Waals surface area (Å²) in [5.41, 5.74) is 15.0. The molecule has 3 aromatic rings. The Balaban J connectivity index is 1.48. The first kappa shape index (κ1) is 22.4. The minimum atomic E-state index is 0.0676. The van der Waals surface area contributed by atoms with Crippen molar-refractivity contribution in [2.24, 2.45) is 0 Å². The molecule has 2 aliphatic rings. The minimum Gasteiger partial charge on any atom is -0.383 e. The quantitative estimate of drug-likeness (QED) is 0.457. The summed E-state index contributed by atoms with van der Waals surface area (Å²) in [5.74, 6) is 0.613. The molecule has 0 amide bonds. The number of aryl methyl sites for hydroxylation is 1. The van der Waals surface area contributed by atoms with Gasteiger partial charge in [0.05, 0.1) is 10.6 Å². The summed E-state index contributed by atoms with van der Waals surface area (Å²) in [6, 6.07) is 9.51. The van der Waals surface area contributed by atoms with Crippen molar-refractivity contribution >= 4 is 22.3 Å².